The van der Waals surface area contributed by atoms with E-state index in [0.29, 0.717) is 17.4 Å². The van der Waals surface area contributed by atoms with Crippen molar-refractivity contribution in [1.29, 1.82) is 0 Å². The van der Waals surface area contributed by atoms with Crippen molar-refractivity contribution in [2.75, 3.05) is 11.4 Å². The summed E-state index contributed by atoms with van der Waals surface area (Å²) in [7, 11) is 0. The molecule has 0 atom stereocenters. The first-order chi connectivity index (χ1) is 18.8. The lowest BCUT2D eigenvalue weighted by atomic mass is 10.0. The van der Waals surface area contributed by atoms with Crippen LogP contribution in [0, 0.1) is 0 Å². The number of amidine groups is 1. The lowest BCUT2D eigenvalue weighted by molar-refractivity contribution is -0.137. The van der Waals surface area contributed by atoms with Gasteiger partial charge >= 0.3 is 6.18 Å². The van der Waals surface area contributed by atoms with Crippen LogP contribution in [0.3, 0.4) is 0 Å². The molecule has 0 unspecified atom stereocenters. The van der Waals surface area contributed by atoms with Gasteiger partial charge in [0.25, 0.3) is 0 Å². The zero-order chi connectivity index (χ0) is 27.4. The number of aromatic nitrogens is 3. The molecule has 4 aromatic rings. The minimum Gasteiger partial charge on any atom is -0.315 e. The van der Waals surface area contributed by atoms with Crippen LogP contribution in [-0.4, -0.2) is 32.7 Å². The van der Waals surface area contributed by atoms with E-state index in [4.69, 9.17) is 0 Å². The number of anilines is 1. The average molecular weight is 547 g/mol. The molecule has 0 fully saturated rings. The Morgan fingerprint density at radius 1 is 0.974 bits per heavy atom. The van der Waals surface area contributed by atoms with Gasteiger partial charge in [-0.05, 0) is 52.8 Å². The standard InChI is InChI=1S/C29H25F3N6S/c1-20(2)25-6-3-4-7-26(25)37-16-5-17-39-28(37)35-34-18-21-8-10-22(11-9-21)27-33-19-38(36-27)24-14-12-23(13-15-24)29(30,31)32/h3-15,17-20H,16H2,1-2H3/b34-18-,35-28+. The second-order valence-corrected chi connectivity index (χ2v) is 9.99. The van der Waals surface area contributed by atoms with Crippen LogP contribution in [0.2, 0.25) is 0 Å². The first kappa shape index (κ1) is 26.4. The molecule has 6 nitrogen and oxygen atoms in total. The van der Waals surface area contributed by atoms with E-state index in [1.54, 1.807) is 6.21 Å². The van der Waals surface area contributed by atoms with Gasteiger partial charge in [0.05, 0.1) is 17.5 Å². The molecule has 0 radical (unpaired) electrons. The predicted octanol–water partition coefficient (Wildman–Crippen LogP) is 7.53. The SMILES string of the molecule is CC(C)c1ccccc1N1CC=CS/C1=N/N=C\c1ccc(-c2ncn(-c3ccc(C(F)(F)F)cc3)n2)cc1. The topological polar surface area (TPSA) is 58.7 Å². The molecule has 0 amide bonds. The van der Waals surface area contributed by atoms with Crippen LogP contribution in [0.25, 0.3) is 17.1 Å². The zero-order valence-electron chi connectivity index (χ0n) is 21.2. The summed E-state index contributed by atoms with van der Waals surface area (Å²) in [5.41, 5.74) is 3.80. The minimum atomic E-state index is -4.38. The van der Waals surface area contributed by atoms with Crippen LogP contribution in [0.1, 0.15) is 36.5 Å². The summed E-state index contributed by atoms with van der Waals surface area (Å²) in [6, 6.07) is 20.6. The van der Waals surface area contributed by atoms with Crippen molar-refractivity contribution < 1.29 is 13.2 Å². The van der Waals surface area contributed by atoms with Crippen molar-refractivity contribution in [2.24, 2.45) is 10.2 Å². The number of nitrogens with zero attached hydrogens (tertiary/aromatic N) is 6. The number of alkyl halides is 3. The molecule has 39 heavy (non-hydrogen) atoms. The molecule has 198 valence electrons. The van der Waals surface area contributed by atoms with Crippen molar-refractivity contribution in [2.45, 2.75) is 25.9 Å². The normalized spacial score (nSPS) is 15.1. The van der Waals surface area contributed by atoms with E-state index in [0.717, 1.165) is 40.7 Å². The summed E-state index contributed by atoms with van der Waals surface area (Å²) in [6.07, 6.45) is 0.892. The van der Waals surface area contributed by atoms with Crippen molar-refractivity contribution >= 4 is 28.8 Å². The third-order valence-electron chi connectivity index (χ3n) is 6.11. The highest BCUT2D eigenvalue weighted by atomic mass is 32.2. The lowest BCUT2D eigenvalue weighted by Crippen LogP contribution is -2.31. The number of rotatable bonds is 6. The van der Waals surface area contributed by atoms with E-state index in [9.17, 15) is 13.2 Å². The molecule has 10 heteroatoms. The van der Waals surface area contributed by atoms with Gasteiger partial charge in [0.2, 0.25) is 0 Å². The molecule has 1 aliphatic heterocycles. The van der Waals surface area contributed by atoms with Gasteiger partial charge in [-0.15, -0.1) is 10.2 Å². The second-order valence-electron chi connectivity index (χ2n) is 9.12. The molecular weight excluding hydrogens is 521 g/mol. The first-order valence-corrected chi connectivity index (χ1v) is 13.2. The molecule has 0 aliphatic carbocycles. The van der Waals surface area contributed by atoms with E-state index < -0.39 is 11.7 Å². The number of thioether (sulfide) groups is 1. The van der Waals surface area contributed by atoms with Gasteiger partial charge in [0, 0.05) is 17.8 Å². The van der Waals surface area contributed by atoms with Crippen LogP contribution in [0.4, 0.5) is 18.9 Å². The first-order valence-electron chi connectivity index (χ1n) is 12.3. The van der Waals surface area contributed by atoms with Crippen LogP contribution >= 0.6 is 11.8 Å². The van der Waals surface area contributed by atoms with Gasteiger partial charge in [0.15, 0.2) is 11.0 Å². The molecule has 3 aromatic carbocycles. The molecule has 5 rings (SSSR count). The Bertz CT molecular complexity index is 1520. The number of hydrogen-bond donors (Lipinski definition) is 0. The molecule has 0 saturated carbocycles. The fourth-order valence-electron chi connectivity index (χ4n) is 4.09. The fourth-order valence-corrected chi connectivity index (χ4v) is 4.78. The van der Waals surface area contributed by atoms with Crippen LogP contribution < -0.4 is 4.90 Å². The summed E-state index contributed by atoms with van der Waals surface area (Å²) in [4.78, 5) is 6.47. The van der Waals surface area contributed by atoms with E-state index in [-0.39, 0.29) is 0 Å². The molecule has 1 aromatic heterocycles. The molecule has 0 spiro atoms. The highest BCUT2D eigenvalue weighted by Crippen LogP contribution is 2.32. The largest absolute Gasteiger partial charge is 0.416 e. The summed E-state index contributed by atoms with van der Waals surface area (Å²) in [6.45, 7) is 5.09. The third kappa shape index (κ3) is 6.12. The fraction of sp³-hybridized carbons (Fsp3) is 0.172. The Kier molecular flexibility index (Phi) is 7.65. The molecule has 0 saturated heterocycles. The Balaban J connectivity index is 1.29. The number of para-hydroxylation sites is 1. The summed E-state index contributed by atoms with van der Waals surface area (Å²) in [5.74, 6) is 0.847. The van der Waals surface area contributed by atoms with Crippen molar-refractivity contribution in [3.05, 3.63) is 107 Å². The Morgan fingerprint density at radius 3 is 2.44 bits per heavy atom. The van der Waals surface area contributed by atoms with Crippen molar-refractivity contribution in [3.8, 4) is 17.1 Å². The minimum absolute atomic E-state index is 0.385. The maximum atomic E-state index is 12.8. The van der Waals surface area contributed by atoms with Crippen LogP contribution in [0.5, 0.6) is 0 Å². The summed E-state index contributed by atoms with van der Waals surface area (Å²) < 4.78 is 39.9. The average Bonchev–Trinajstić information content (AvgIpc) is 3.44. The maximum Gasteiger partial charge on any atom is 0.416 e. The van der Waals surface area contributed by atoms with E-state index in [1.165, 1.54) is 40.5 Å². The Morgan fingerprint density at radius 2 is 1.72 bits per heavy atom. The molecule has 1 aliphatic rings. The third-order valence-corrected chi connectivity index (χ3v) is 6.95. The Labute approximate surface area is 228 Å². The van der Waals surface area contributed by atoms with Crippen molar-refractivity contribution in [3.63, 3.8) is 0 Å². The van der Waals surface area contributed by atoms with Crippen LogP contribution in [-0.2, 0) is 6.18 Å². The molecular formula is C29H25F3N6S. The van der Waals surface area contributed by atoms with Crippen LogP contribution in [0.15, 0.2) is 101 Å². The second kappa shape index (κ2) is 11.3. The van der Waals surface area contributed by atoms with E-state index in [1.807, 2.05) is 35.7 Å². The monoisotopic (exact) mass is 546 g/mol. The van der Waals surface area contributed by atoms with Gasteiger partial charge in [-0.2, -0.15) is 18.3 Å². The van der Waals surface area contributed by atoms with Crippen molar-refractivity contribution in [1.82, 2.24) is 14.8 Å². The van der Waals surface area contributed by atoms with Gasteiger partial charge in [0.1, 0.15) is 6.33 Å². The molecule has 0 bridgehead atoms. The number of benzene rings is 3. The highest BCUT2D eigenvalue weighted by Gasteiger charge is 2.30. The maximum absolute atomic E-state index is 12.8. The van der Waals surface area contributed by atoms with E-state index in [2.05, 4.69) is 63.3 Å². The van der Waals surface area contributed by atoms with Gasteiger partial charge in [-0.25, -0.2) is 9.67 Å². The molecule has 0 N–H and O–H groups in total. The highest BCUT2D eigenvalue weighted by molar-refractivity contribution is 8.16. The smallest absolute Gasteiger partial charge is 0.315 e. The predicted molar refractivity (Wildman–Crippen MR) is 151 cm³/mol. The lowest BCUT2D eigenvalue weighted by Gasteiger charge is -2.28. The Hall–Kier alpha value is -4.18. The molecule has 2 heterocycles. The van der Waals surface area contributed by atoms with Gasteiger partial charge < -0.3 is 4.90 Å². The summed E-state index contributed by atoms with van der Waals surface area (Å²) in [5, 5.41) is 16.1. The summed E-state index contributed by atoms with van der Waals surface area (Å²) >= 11 is 1.53. The van der Waals surface area contributed by atoms with E-state index >= 15 is 0 Å². The number of halogens is 3. The van der Waals surface area contributed by atoms with Gasteiger partial charge in [-0.3, -0.25) is 0 Å². The zero-order valence-corrected chi connectivity index (χ0v) is 22.1. The number of hydrogen-bond acceptors (Lipinski definition) is 5. The quantitative estimate of drug-likeness (QED) is 0.185. The van der Waals surface area contributed by atoms with Gasteiger partial charge in [-0.1, -0.05) is 74.1 Å².